The van der Waals surface area contributed by atoms with E-state index < -0.39 is 12.4 Å². The smallest absolute Gasteiger partial charge is 0.507 e. The minimum Gasteiger partial charge on any atom is -0.507 e. The Bertz CT molecular complexity index is 647. The quantitative estimate of drug-likeness (QED) is 0.882. The third-order valence-electron chi connectivity index (χ3n) is 3.05. The van der Waals surface area contributed by atoms with Gasteiger partial charge in [-0.25, -0.2) is 0 Å². The van der Waals surface area contributed by atoms with E-state index in [1.807, 2.05) is 0 Å². The van der Waals surface area contributed by atoms with Gasteiger partial charge in [0.15, 0.2) is 0 Å². The first-order valence-corrected chi connectivity index (χ1v) is 6.28. The lowest BCUT2D eigenvalue weighted by Crippen LogP contribution is -2.17. The standard InChI is InChI=1S/C15H14F3NO3.ClH/c1-21-11-6-7-12(13(20)8-11)14(19)9-2-4-10(5-3-9)22-15(16,17)18;/h2-8,14,20H,19H2,1H3;1H/t14-;/m0./s1. The van der Waals surface area contributed by atoms with Crippen molar-refractivity contribution in [1.82, 2.24) is 0 Å². The Labute approximate surface area is 137 Å². The number of aromatic hydroxyl groups is 1. The third-order valence-corrected chi connectivity index (χ3v) is 3.05. The summed E-state index contributed by atoms with van der Waals surface area (Å²) in [4.78, 5) is 0. The molecule has 0 bridgehead atoms. The molecule has 0 aliphatic heterocycles. The highest BCUT2D eigenvalue weighted by Gasteiger charge is 2.31. The van der Waals surface area contributed by atoms with Crippen LogP contribution in [-0.4, -0.2) is 18.6 Å². The van der Waals surface area contributed by atoms with Gasteiger partial charge in [-0.3, -0.25) is 0 Å². The first-order chi connectivity index (χ1) is 10.3. The van der Waals surface area contributed by atoms with Crippen LogP contribution in [0.1, 0.15) is 17.2 Å². The molecule has 3 N–H and O–H groups in total. The van der Waals surface area contributed by atoms with Crippen LogP contribution in [-0.2, 0) is 0 Å². The average Bonchev–Trinajstić information content (AvgIpc) is 2.45. The molecule has 23 heavy (non-hydrogen) atoms. The number of ether oxygens (including phenoxy) is 2. The van der Waals surface area contributed by atoms with Crippen molar-refractivity contribution in [3.63, 3.8) is 0 Å². The topological polar surface area (TPSA) is 64.7 Å². The number of rotatable bonds is 4. The molecular weight excluding hydrogens is 335 g/mol. The molecule has 126 valence electrons. The summed E-state index contributed by atoms with van der Waals surface area (Å²) < 4.78 is 45.1. The van der Waals surface area contributed by atoms with Crippen molar-refractivity contribution in [1.29, 1.82) is 0 Å². The molecule has 0 amide bonds. The molecule has 1 atom stereocenters. The van der Waals surface area contributed by atoms with E-state index in [0.717, 1.165) is 0 Å². The number of phenols is 1. The molecule has 8 heteroatoms. The Balaban J connectivity index is 0.00000264. The lowest BCUT2D eigenvalue weighted by atomic mass is 9.98. The molecule has 0 spiro atoms. The molecule has 0 unspecified atom stereocenters. The number of benzene rings is 2. The summed E-state index contributed by atoms with van der Waals surface area (Å²) in [6, 6.07) is 9.12. The van der Waals surface area contributed by atoms with E-state index in [-0.39, 0.29) is 23.9 Å². The summed E-state index contributed by atoms with van der Waals surface area (Å²) in [5, 5.41) is 9.93. The van der Waals surface area contributed by atoms with Crippen molar-refractivity contribution in [2.45, 2.75) is 12.4 Å². The minimum atomic E-state index is -4.74. The molecule has 0 aromatic heterocycles. The predicted octanol–water partition coefficient (Wildman–Crippen LogP) is 3.77. The van der Waals surface area contributed by atoms with Gasteiger partial charge in [-0.15, -0.1) is 25.6 Å². The van der Waals surface area contributed by atoms with Gasteiger partial charge in [0.1, 0.15) is 17.2 Å². The minimum absolute atomic E-state index is 0. The largest absolute Gasteiger partial charge is 0.573 e. The molecule has 0 aliphatic carbocycles. The van der Waals surface area contributed by atoms with Crippen molar-refractivity contribution in [3.05, 3.63) is 53.6 Å². The zero-order chi connectivity index (χ0) is 16.3. The molecule has 0 saturated heterocycles. The van der Waals surface area contributed by atoms with Crippen molar-refractivity contribution in [2.75, 3.05) is 7.11 Å². The van der Waals surface area contributed by atoms with Crippen LogP contribution in [0.3, 0.4) is 0 Å². The second-order valence-corrected chi connectivity index (χ2v) is 4.52. The van der Waals surface area contributed by atoms with Gasteiger partial charge in [-0.1, -0.05) is 12.1 Å². The van der Waals surface area contributed by atoms with Crippen molar-refractivity contribution < 1.29 is 27.8 Å². The molecule has 0 aliphatic rings. The van der Waals surface area contributed by atoms with Crippen LogP contribution in [0.4, 0.5) is 13.2 Å². The number of alkyl halides is 3. The Morgan fingerprint density at radius 3 is 2.09 bits per heavy atom. The molecule has 0 heterocycles. The van der Waals surface area contributed by atoms with E-state index in [9.17, 15) is 18.3 Å². The predicted molar refractivity (Wildman–Crippen MR) is 81.1 cm³/mol. The first kappa shape index (κ1) is 18.9. The molecule has 0 saturated carbocycles. The highest BCUT2D eigenvalue weighted by molar-refractivity contribution is 5.85. The molecular formula is C15H15ClF3NO3. The number of halogens is 4. The maximum Gasteiger partial charge on any atom is 0.573 e. The summed E-state index contributed by atoms with van der Waals surface area (Å²) in [5.74, 6) is 0.0900. The maximum atomic E-state index is 12.1. The first-order valence-electron chi connectivity index (χ1n) is 6.28. The molecule has 4 nitrogen and oxygen atoms in total. The average molecular weight is 350 g/mol. The highest BCUT2D eigenvalue weighted by Crippen LogP contribution is 2.32. The highest BCUT2D eigenvalue weighted by atomic mass is 35.5. The summed E-state index contributed by atoms with van der Waals surface area (Å²) in [7, 11) is 1.47. The van der Waals surface area contributed by atoms with E-state index in [2.05, 4.69) is 4.74 Å². The Morgan fingerprint density at radius 1 is 1.04 bits per heavy atom. The molecule has 2 aromatic rings. The van der Waals surface area contributed by atoms with Gasteiger partial charge < -0.3 is 20.3 Å². The molecule has 0 fully saturated rings. The van der Waals surface area contributed by atoms with Gasteiger partial charge in [-0.05, 0) is 29.8 Å². The van der Waals surface area contributed by atoms with E-state index in [4.69, 9.17) is 10.5 Å². The van der Waals surface area contributed by atoms with E-state index >= 15 is 0 Å². The van der Waals surface area contributed by atoms with Gasteiger partial charge in [0.25, 0.3) is 0 Å². The van der Waals surface area contributed by atoms with Crippen LogP contribution in [0.2, 0.25) is 0 Å². The normalized spacial score (nSPS) is 12.2. The monoisotopic (exact) mass is 349 g/mol. The van der Waals surface area contributed by atoms with Crippen LogP contribution in [0.5, 0.6) is 17.2 Å². The second kappa shape index (κ2) is 7.43. The van der Waals surface area contributed by atoms with Gasteiger partial charge in [0, 0.05) is 11.6 Å². The van der Waals surface area contributed by atoms with Crippen LogP contribution < -0.4 is 15.2 Å². The van der Waals surface area contributed by atoms with Gasteiger partial charge in [0.2, 0.25) is 0 Å². The van der Waals surface area contributed by atoms with Gasteiger partial charge in [-0.2, -0.15) is 0 Å². The summed E-state index contributed by atoms with van der Waals surface area (Å²) in [6.07, 6.45) is -4.74. The summed E-state index contributed by atoms with van der Waals surface area (Å²) >= 11 is 0. The Hall–Kier alpha value is -2.12. The fourth-order valence-corrected chi connectivity index (χ4v) is 1.97. The van der Waals surface area contributed by atoms with Crippen molar-refractivity contribution in [3.8, 4) is 17.2 Å². The zero-order valence-corrected chi connectivity index (χ0v) is 12.8. The Kier molecular flexibility index (Phi) is 6.12. The second-order valence-electron chi connectivity index (χ2n) is 4.52. The van der Waals surface area contributed by atoms with Crippen molar-refractivity contribution in [2.24, 2.45) is 5.73 Å². The van der Waals surface area contributed by atoms with Crippen LogP contribution in [0.25, 0.3) is 0 Å². The maximum absolute atomic E-state index is 12.1. The number of phenolic OH excluding ortho intramolecular Hbond substituents is 1. The van der Waals surface area contributed by atoms with Crippen LogP contribution >= 0.6 is 12.4 Å². The van der Waals surface area contributed by atoms with Gasteiger partial charge in [0.05, 0.1) is 13.2 Å². The Morgan fingerprint density at radius 2 is 1.61 bits per heavy atom. The lowest BCUT2D eigenvalue weighted by molar-refractivity contribution is -0.274. The fourth-order valence-electron chi connectivity index (χ4n) is 1.97. The number of nitrogens with two attached hydrogens (primary N) is 1. The van der Waals surface area contributed by atoms with Crippen LogP contribution in [0, 0.1) is 0 Å². The van der Waals surface area contributed by atoms with E-state index in [0.29, 0.717) is 16.9 Å². The zero-order valence-electron chi connectivity index (χ0n) is 12.0. The van der Waals surface area contributed by atoms with Crippen molar-refractivity contribution >= 4 is 12.4 Å². The third kappa shape index (κ3) is 4.94. The number of hydrogen-bond donors (Lipinski definition) is 2. The summed E-state index contributed by atoms with van der Waals surface area (Å²) in [6.45, 7) is 0. The van der Waals surface area contributed by atoms with Gasteiger partial charge >= 0.3 is 6.36 Å². The molecule has 0 radical (unpaired) electrons. The number of methoxy groups -OCH3 is 1. The fraction of sp³-hybridized carbons (Fsp3) is 0.200. The van der Waals surface area contributed by atoms with E-state index in [1.54, 1.807) is 12.1 Å². The molecule has 2 aromatic carbocycles. The molecule has 2 rings (SSSR count). The SMILES string of the molecule is COc1ccc([C@@H](N)c2ccc(OC(F)(F)F)cc2)c(O)c1.Cl. The lowest BCUT2D eigenvalue weighted by Gasteiger charge is -2.16. The van der Waals surface area contributed by atoms with E-state index in [1.165, 1.54) is 37.4 Å². The van der Waals surface area contributed by atoms with Crippen LogP contribution in [0.15, 0.2) is 42.5 Å². The number of hydrogen-bond acceptors (Lipinski definition) is 4. The summed E-state index contributed by atoms with van der Waals surface area (Å²) in [5.41, 5.74) is 6.99.